The van der Waals surface area contributed by atoms with Crippen LogP contribution in [0.4, 0.5) is 5.69 Å². The average Bonchev–Trinajstić information content (AvgIpc) is 3.12. The molecule has 2 aromatic carbocycles. The van der Waals surface area contributed by atoms with E-state index in [4.69, 9.17) is 17.0 Å². The van der Waals surface area contributed by atoms with E-state index in [9.17, 15) is 9.59 Å². The zero-order valence-electron chi connectivity index (χ0n) is 14.8. The van der Waals surface area contributed by atoms with Gasteiger partial charge in [0.1, 0.15) is 17.1 Å². The summed E-state index contributed by atoms with van der Waals surface area (Å²) in [7, 11) is 0. The Morgan fingerprint density at radius 1 is 1.00 bits per heavy atom. The minimum Gasteiger partial charge on any atom is -0.457 e. The van der Waals surface area contributed by atoms with Gasteiger partial charge in [-0.15, -0.1) is 11.3 Å². The third kappa shape index (κ3) is 4.24. The summed E-state index contributed by atoms with van der Waals surface area (Å²) in [6.07, 6.45) is 1.60. The lowest BCUT2D eigenvalue weighted by molar-refractivity contribution is -0.122. The average molecular weight is 532 g/mol. The van der Waals surface area contributed by atoms with Gasteiger partial charge in [-0.05, 0) is 88.7 Å². The highest BCUT2D eigenvalue weighted by Gasteiger charge is 2.34. The SMILES string of the molecule is O=C1NC(=S)N(c2ccc(Oc3ccccc3)cc2)C(=O)C1=Cc1sccc1I. The van der Waals surface area contributed by atoms with Crippen LogP contribution < -0.4 is 15.0 Å². The minimum atomic E-state index is -0.496. The van der Waals surface area contributed by atoms with Crippen LogP contribution in [0.3, 0.4) is 0 Å². The summed E-state index contributed by atoms with van der Waals surface area (Å²) < 4.78 is 6.75. The van der Waals surface area contributed by atoms with Gasteiger partial charge in [0.25, 0.3) is 11.8 Å². The lowest BCUT2D eigenvalue weighted by Gasteiger charge is -2.29. The third-order valence-corrected chi connectivity index (χ3v) is 6.55. The standard InChI is InChI=1S/C21H13IN2O3S2/c22-17-10-11-29-18(17)12-16-19(25)23-21(28)24(20(16)26)13-6-8-15(9-7-13)27-14-4-2-1-3-5-14/h1-12H,(H,23,25,28). The molecule has 2 amide bonds. The van der Waals surface area contributed by atoms with E-state index in [1.165, 1.54) is 16.2 Å². The van der Waals surface area contributed by atoms with Crippen molar-refractivity contribution in [2.45, 2.75) is 0 Å². The van der Waals surface area contributed by atoms with Crippen molar-refractivity contribution in [3.05, 3.63) is 80.1 Å². The lowest BCUT2D eigenvalue weighted by atomic mass is 10.1. The van der Waals surface area contributed by atoms with Crippen LogP contribution in [0.15, 0.2) is 71.6 Å². The number of thiocarbonyl (C=S) groups is 1. The van der Waals surface area contributed by atoms with E-state index in [0.29, 0.717) is 17.2 Å². The molecule has 2 heterocycles. The highest BCUT2D eigenvalue weighted by atomic mass is 127. The van der Waals surface area contributed by atoms with Gasteiger partial charge in [0, 0.05) is 8.45 Å². The number of ether oxygens (including phenoxy) is 1. The third-order valence-electron chi connectivity index (χ3n) is 4.10. The summed E-state index contributed by atoms with van der Waals surface area (Å²) in [4.78, 5) is 27.6. The fourth-order valence-corrected chi connectivity index (χ4v) is 4.68. The number of nitrogens with one attached hydrogen (secondary N) is 1. The van der Waals surface area contributed by atoms with E-state index < -0.39 is 11.8 Å². The summed E-state index contributed by atoms with van der Waals surface area (Å²) in [6.45, 7) is 0. The van der Waals surface area contributed by atoms with E-state index in [2.05, 4.69) is 27.9 Å². The smallest absolute Gasteiger partial charge is 0.270 e. The number of thiophene rings is 1. The Labute approximate surface area is 190 Å². The van der Waals surface area contributed by atoms with Gasteiger partial charge in [-0.2, -0.15) is 0 Å². The molecule has 29 heavy (non-hydrogen) atoms. The predicted molar refractivity (Wildman–Crippen MR) is 126 cm³/mol. The first-order valence-corrected chi connectivity index (χ1v) is 10.9. The summed E-state index contributed by atoms with van der Waals surface area (Å²) in [6, 6.07) is 18.3. The molecule has 0 saturated carbocycles. The Balaban J connectivity index is 1.60. The van der Waals surface area contributed by atoms with Crippen molar-refractivity contribution >= 4 is 74.8 Å². The lowest BCUT2D eigenvalue weighted by Crippen LogP contribution is -2.54. The first-order chi connectivity index (χ1) is 14.0. The van der Waals surface area contributed by atoms with E-state index >= 15 is 0 Å². The van der Waals surface area contributed by atoms with E-state index in [1.807, 2.05) is 41.8 Å². The maximum absolute atomic E-state index is 13.0. The van der Waals surface area contributed by atoms with Crippen molar-refractivity contribution < 1.29 is 14.3 Å². The topological polar surface area (TPSA) is 58.6 Å². The van der Waals surface area contributed by atoms with Crippen LogP contribution in [0.25, 0.3) is 6.08 Å². The summed E-state index contributed by atoms with van der Waals surface area (Å²) in [5, 5.41) is 4.56. The molecule has 0 aliphatic carbocycles. The molecular formula is C21H13IN2O3S2. The predicted octanol–water partition coefficient (Wildman–Crippen LogP) is 4.98. The van der Waals surface area contributed by atoms with Crippen LogP contribution in [0.2, 0.25) is 0 Å². The molecule has 1 aliphatic rings. The molecule has 0 atom stereocenters. The Morgan fingerprint density at radius 3 is 2.34 bits per heavy atom. The number of hydrogen-bond acceptors (Lipinski definition) is 5. The van der Waals surface area contributed by atoms with E-state index in [1.54, 1.807) is 30.3 Å². The summed E-state index contributed by atoms with van der Waals surface area (Å²) in [5.74, 6) is 0.389. The zero-order valence-corrected chi connectivity index (χ0v) is 18.6. The van der Waals surface area contributed by atoms with Gasteiger partial charge < -0.3 is 4.74 Å². The number of carbonyl (C=O) groups excluding carboxylic acids is 2. The van der Waals surface area contributed by atoms with E-state index in [0.717, 1.165) is 8.45 Å². The van der Waals surface area contributed by atoms with Crippen LogP contribution in [-0.4, -0.2) is 16.9 Å². The Morgan fingerprint density at radius 2 is 1.69 bits per heavy atom. The Kier molecular flexibility index (Phi) is 5.74. The number of anilines is 1. The number of halogens is 1. The Bertz CT molecular complexity index is 1120. The molecular weight excluding hydrogens is 519 g/mol. The molecule has 5 nitrogen and oxygen atoms in total. The highest BCUT2D eigenvalue weighted by Crippen LogP contribution is 2.28. The van der Waals surface area contributed by atoms with Crippen LogP contribution in [0.5, 0.6) is 11.5 Å². The maximum atomic E-state index is 13.0. The highest BCUT2D eigenvalue weighted by molar-refractivity contribution is 14.1. The van der Waals surface area contributed by atoms with Crippen LogP contribution in [-0.2, 0) is 9.59 Å². The molecule has 0 bridgehead atoms. The van der Waals surface area contributed by atoms with Gasteiger partial charge in [0.15, 0.2) is 5.11 Å². The van der Waals surface area contributed by atoms with Gasteiger partial charge in [0.2, 0.25) is 0 Å². The first kappa shape index (κ1) is 19.7. The number of nitrogens with zero attached hydrogens (tertiary/aromatic N) is 1. The molecule has 1 N–H and O–H groups in total. The molecule has 144 valence electrons. The quantitative estimate of drug-likeness (QED) is 0.223. The molecule has 0 unspecified atom stereocenters. The molecule has 1 aliphatic heterocycles. The Hall–Kier alpha value is -2.56. The monoisotopic (exact) mass is 532 g/mol. The number of amides is 2. The second kappa shape index (κ2) is 8.44. The van der Waals surface area contributed by atoms with Crippen molar-refractivity contribution in [1.29, 1.82) is 0 Å². The zero-order chi connectivity index (χ0) is 20.4. The number of carbonyl (C=O) groups is 2. The maximum Gasteiger partial charge on any atom is 0.270 e. The second-order valence-corrected chi connectivity index (χ2v) is 8.50. The van der Waals surface area contributed by atoms with Crippen molar-refractivity contribution in [3.63, 3.8) is 0 Å². The molecule has 0 spiro atoms. The van der Waals surface area contributed by atoms with Crippen LogP contribution >= 0.6 is 46.1 Å². The summed E-state index contributed by atoms with van der Waals surface area (Å²) in [5.41, 5.74) is 0.593. The normalized spacial score (nSPS) is 15.6. The molecule has 8 heteroatoms. The van der Waals surface area contributed by atoms with Crippen molar-refractivity contribution in [2.75, 3.05) is 4.90 Å². The number of para-hydroxylation sites is 1. The van der Waals surface area contributed by atoms with Crippen LogP contribution in [0.1, 0.15) is 4.88 Å². The minimum absolute atomic E-state index is 0.0450. The van der Waals surface area contributed by atoms with Crippen molar-refractivity contribution in [1.82, 2.24) is 5.32 Å². The van der Waals surface area contributed by atoms with Gasteiger partial charge in [-0.25, -0.2) is 0 Å². The number of benzene rings is 2. The second-order valence-electron chi connectivity index (χ2n) is 6.00. The molecule has 1 saturated heterocycles. The molecule has 3 aromatic rings. The molecule has 1 aromatic heterocycles. The fourth-order valence-electron chi connectivity index (χ4n) is 2.72. The number of hydrogen-bond donors (Lipinski definition) is 1. The van der Waals surface area contributed by atoms with Crippen LogP contribution in [0, 0.1) is 3.57 Å². The fraction of sp³-hybridized carbons (Fsp3) is 0. The largest absolute Gasteiger partial charge is 0.457 e. The number of rotatable bonds is 4. The van der Waals surface area contributed by atoms with Crippen molar-refractivity contribution in [3.8, 4) is 11.5 Å². The summed E-state index contributed by atoms with van der Waals surface area (Å²) >= 11 is 8.88. The first-order valence-electron chi connectivity index (χ1n) is 8.50. The molecule has 4 rings (SSSR count). The molecule has 1 fully saturated rings. The van der Waals surface area contributed by atoms with Gasteiger partial charge in [-0.1, -0.05) is 18.2 Å². The van der Waals surface area contributed by atoms with Gasteiger partial charge >= 0.3 is 0 Å². The molecule has 0 radical (unpaired) electrons. The van der Waals surface area contributed by atoms with Crippen molar-refractivity contribution in [2.24, 2.45) is 0 Å². The van der Waals surface area contributed by atoms with Gasteiger partial charge in [-0.3, -0.25) is 19.8 Å². The van der Waals surface area contributed by atoms with E-state index in [-0.39, 0.29) is 10.7 Å². The van der Waals surface area contributed by atoms with Gasteiger partial charge in [0.05, 0.1) is 5.69 Å².